The number of ether oxygens (including phenoxy) is 1. The zero-order valence-corrected chi connectivity index (χ0v) is 20.6. The Morgan fingerprint density at radius 3 is 2.48 bits per heavy atom. The summed E-state index contributed by atoms with van der Waals surface area (Å²) in [4.78, 5) is 14.2. The Labute approximate surface area is 205 Å². The SMILES string of the molecule is CCOC(=O)c1c(NC(=S)Nc2ccccc2Cc2ccccc2)sc2c1CCCCCC2. The van der Waals surface area contributed by atoms with Crippen LogP contribution < -0.4 is 10.6 Å². The third kappa shape index (κ3) is 6.01. The van der Waals surface area contributed by atoms with Crippen LogP contribution in [0.3, 0.4) is 0 Å². The van der Waals surface area contributed by atoms with Crippen LogP contribution in [-0.4, -0.2) is 17.7 Å². The second-order valence-corrected chi connectivity index (χ2v) is 9.75. The summed E-state index contributed by atoms with van der Waals surface area (Å²) in [6.45, 7) is 2.20. The van der Waals surface area contributed by atoms with Crippen molar-refractivity contribution in [1.82, 2.24) is 0 Å². The van der Waals surface area contributed by atoms with Gasteiger partial charge < -0.3 is 15.4 Å². The average Bonchev–Trinajstić information content (AvgIpc) is 3.11. The molecule has 0 amide bonds. The van der Waals surface area contributed by atoms with E-state index in [4.69, 9.17) is 17.0 Å². The van der Waals surface area contributed by atoms with Gasteiger partial charge in [0.2, 0.25) is 0 Å². The highest BCUT2D eigenvalue weighted by atomic mass is 32.1. The van der Waals surface area contributed by atoms with Crippen LogP contribution in [0.4, 0.5) is 10.7 Å². The molecule has 2 N–H and O–H groups in total. The summed E-state index contributed by atoms with van der Waals surface area (Å²) >= 11 is 7.32. The van der Waals surface area contributed by atoms with Crippen LogP contribution >= 0.6 is 23.6 Å². The van der Waals surface area contributed by atoms with Gasteiger partial charge in [0.15, 0.2) is 5.11 Å². The molecule has 2 aromatic carbocycles. The van der Waals surface area contributed by atoms with Crippen molar-refractivity contribution in [1.29, 1.82) is 0 Å². The lowest BCUT2D eigenvalue weighted by Gasteiger charge is -2.15. The molecule has 0 fully saturated rings. The summed E-state index contributed by atoms with van der Waals surface area (Å²) in [5.41, 5.74) is 5.19. The average molecular weight is 479 g/mol. The van der Waals surface area contributed by atoms with E-state index in [9.17, 15) is 4.79 Å². The molecular formula is C27H30N2O2S2. The molecule has 0 aliphatic heterocycles. The van der Waals surface area contributed by atoms with Crippen molar-refractivity contribution in [3.8, 4) is 0 Å². The quantitative estimate of drug-likeness (QED) is 0.296. The van der Waals surface area contributed by atoms with E-state index in [-0.39, 0.29) is 5.97 Å². The van der Waals surface area contributed by atoms with Gasteiger partial charge in [0.1, 0.15) is 5.00 Å². The van der Waals surface area contributed by atoms with Crippen LogP contribution in [0.1, 0.15) is 64.5 Å². The Bertz CT molecular complexity index is 1110. The second-order valence-electron chi connectivity index (χ2n) is 8.24. The Hall–Kier alpha value is -2.70. The van der Waals surface area contributed by atoms with Crippen molar-refractivity contribution in [2.45, 2.75) is 51.9 Å². The summed E-state index contributed by atoms with van der Waals surface area (Å²) in [6.07, 6.45) is 7.45. The largest absolute Gasteiger partial charge is 0.462 e. The van der Waals surface area contributed by atoms with Gasteiger partial charge in [-0.3, -0.25) is 0 Å². The standard InChI is InChI=1S/C27H30N2O2S2/c1-2-31-26(30)24-21-15-8-3-4-9-17-23(21)33-25(24)29-27(32)28-22-16-11-10-14-20(22)18-19-12-6-5-7-13-19/h5-7,10-14,16H,2-4,8-9,15,17-18H2,1H3,(H2,28,29,32). The van der Waals surface area contributed by atoms with E-state index in [2.05, 4.69) is 41.0 Å². The highest BCUT2D eigenvalue weighted by Crippen LogP contribution is 2.37. The Balaban J connectivity index is 1.55. The van der Waals surface area contributed by atoms with Gasteiger partial charge in [0, 0.05) is 10.6 Å². The molecular weight excluding hydrogens is 448 g/mol. The van der Waals surface area contributed by atoms with E-state index in [1.54, 1.807) is 11.3 Å². The van der Waals surface area contributed by atoms with Gasteiger partial charge in [-0.05, 0) is 74.0 Å². The number of carbonyl (C=O) groups excluding carboxylic acids is 1. The minimum Gasteiger partial charge on any atom is -0.462 e. The highest BCUT2D eigenvalue weighted by Gasteiger charge is 2.25. The first kappa shape index (κ1) is 23.5. The van der Waals surface area contributed by atoms with Crippen molar-refractivity contribution in [3.63, 3.8) is 0 Å². The second kappa shape index (κ2) is 11.4. The van der Waals surface area contributed by atoms with E-state index in [0.29, 0.717) is 17.3 Å². The minimum atomic E-state index is -0.259. The van der Waals surface area contributed by atoms with Crippen LogP contribution in [0.25, 0.3) is 0 Å². The van der Waals surface area contributed by atoms with E-state index < -0.39 is 0 Å². The lowest BCUT2D eigenvalue weighted by Crippen LogP contribution is -2.21. The third-order valence-corrected chi connectivity index (χ3v) is 7.29. The number of para-hydroxylation sites is 1. The number of thiophene rings is 1. The molecule has 0 saturated carbocycles. The minimum absolute atomic E-state index is 0.259. The predicted octanol–water partition coefficient (Wildman–Crippen LogP) is 6.98. The van der Waals surface area contributed by atoms with Crippen molar-refractivity contribution >= 4 is 45.3 Å². The number of fused-ring (bicyclic) bond motifs is 1. The zero-order chi connectivity index (χ0) is 23.0. The monoisotopic (exact) mass is 478 g/mol. The van der Waals surface area contributed by atoms with Crippen LogP contribution in [-0.2, 0) is 24.0 Å². The van der Waals surface area contributed by atoms with E-state index in [0.717, 1.165) is 53.9 Å². The molecule has 0 saturated heterocycles. The van der Waals surface area contributed by atoms with E-state index in [1.165, 1.54) is 23.3 Å². The molecule has 0 bridgehead atoms. The molecule has 0 atom stereocenters. The summed E-state index contributed by atoms with van der Waals surface area (Å²) in [5, 5.41) is 7.95. The van der Waals surface area contributed by atoms with Crippen molar-refractivity contribution in [2.24, 2.45) is 0 Å². The number of carbonyl (C=O) groups is 1. The maximum absolute atomic E-state index is 12.9. The van der Waals surface area contributed by atoms with Gasteiger partial charge in [0.05, 0.1) is 12.2 Å². The molecule has 0 unspecified atom stereocenters. The topological polar surface area (TPSA) is 50.4 Å². The Morgan fingerprint density at radius 1 is 0.970 bits per heavy atom. The molecule has 0 radical (unpaired) electrons. The number of aryl methyl sites for hydroxylation is 1. The number of hydrogen-bond acceptors (Lipinski definition) is 4. The van der Waals surface area contributed by atoms with E-state index in [1.807, 2.05) is 31.2 Å². The van der Waals surface area contributed by atoms with Gasteiger partial charge in [0.25, 0.3) is 0 Å². The van der Waals surface area contributed by atoms with E-state index >= 15 is 0 Å². The maximum atomic E-state index is 12.9. The lowest BCUT2D eigenvalue weighted by atomic mass is 9.96. The molecule has 1 heterocycles. The molecule has 0 spiro atoms. The van der Waals surface area contributed by atoms with Gasteiger partial charge in [-0.2, -0.15) is 0 Å². The highest BCUT2D eigenvalue weighted by molar-refractivity contribution is 7.80. The lowest BCUT2D eigenvalue weighted by molar-refractivity contribution is 0.0526. The van der Waals surface area contributed by atoms with Crippen molar-refractivity contribution in [3.05, 3.63) is 81.7 Å². The molecule has 1 aliphatic rings. The molecule has 3 aromatic rings. The number of esters is 1. The number of hydrogen-bond donors (Lipinski definition) is 2. The first-order valence-electron chi connectivity index (χ1n) is 11.7. The maximum Gasteiger partial charge on any atom is 0.341 e. The molecule has 4 nitrogen and oxygen atoms in total. The van der Waals surface area contributed by atoms with Crippen LogP contribution in [0.15, 0.2) is 54.6 Å². The number of anilines is 2. The molecule has 6 heteroatoms. The fourth-order valence-electron chi connectivity index (χ4n) is 4.30. The first-order valence-corrected chi connectivity index (χ1v) is 12.9. The number of nitrogens with one attached hydrogen (secondary N) is 2. The summed E-state index contributed by atoms with van der Waals surface area (Å²) in [7, 11) is 0. The smallest absolute Gasteiger partial charge is 0.341 e. The molecule has 1 aromatic heterocycles. The summed E-state index contributed by atoms with van der Waals surface area (Å²) < 4.78 is 5.41. The Kier molecular flexibility index (Phi) is 8.13. The predicted molar refractivity (Wildman–Crippen MR) is 142 cm³/mol. The van der Waals surface area contributed by atoms with Crippen molar-refractivity contribution < 1.29 is 9.53 Å². The van der Waals surface area contributed by atoms with Gasteiger partial charge >= 0.3 is 5.97 Å². The normalized spacial score (nSPS) is 13.4. The summed E-state index contributed by atoms with van der Waals surface area (Å²) in [5.74, 6) is -0.259. The van der Waals surface area contributed by atoms with Gasteiger partial charge in [-0.15, -0.1) is 11.3 Å². The number of thiocarbonyl (C=S) groups is 1. The fourth-order valence-corrected chi connectivity index (χ4v) is 5.85. The third-order valence-electron chi connectivity index (χ3n) is 5.88. The van der Waals surface area contributed by atoms with Gasteiger partial charge in [-0.25, -0.2) is 4.79 Å². The van der Waals surface area contributed by atoms with Crippen LogP contribution in [0, 0.1) is 0 Å². The fraction of sp³-hybridized carbons (Fsp3) is 0.333. The molecule has 4 rings (SSSR count). The van der Waals surface area contributed by atoms with Crippen LogP contribution in [0.2, 0.25) is 0 Å². The number of rotatable bonds is 6. The first-order chi connectivity index (χ1) is 16.2. The van der Waals surface area contributed by atoms with Crippen LogP contribution in [0.5, 0.6) is 0 Å². The zero-order valence-electron chi connectivity index (χ0n) is 19.0. The molecule has 172 valence electrons. The molecule has 1 aliphatic carbocycles. The molecule has 33 heavy (non-hydrogen) atoms. The number of benzene rings is 2. The summed E-state index contributed by atoms with van der Waals surface area (Å²) in [6, 6.07) is 18.6. The van der Waals surface area contributed by atoms with Crippen molar-refractivity contribution in [2.75, 3.05) is 17.2 Å². The Morgan fingerprint density at radius 2 is 1.70 bits per heavy atom. The van der Waals surface area contributed by atoms with Gasteiger partial charge in [-0.1, -0.05) is 61.4 Å².